The molecule has 2 nitrogen and oxygen atoms in total. The first-order valence-electron chi connectivity index (χ1n) is 8.00. The number of rotatable bonds is 7. The first kappa shape index (κ1) is 15.4. The van der Waals surface area contributed by atoms with Crippen LogP contribution in [0.25, 0.3) is 0 Å². The maximum atomic E-state index is 5.92. The van der Waals surface area contributed by atoms with Gasteiger partial charge in [0.05, 0.1) is 18.8 Å². The van der Waals surface area contributed by atoms with Crippen LogP contribution in [0.2, 0.25) is 0 Å². The van der Waals surface area contributed by atoms with Crippen LogP contribution in [0.5, 0.6) is 5.75 Å². The molecule has 1 saturated heterocycles. The van der Waals surface area contributed by atoms with Gasteiger partial charge in [-0.3, -0.25) is 0 Å². The largest absolute Gasteiger partial charge is 0.493 e. The molecule has 1 aromatic rings. The van der Waals surface area contributed by atoms with E-state index < -0.39 is 0 Å². The predicted octanol–water partition coefficient (Wildman–Crippen LogP) is 4.76. The Morgan fingerprint density at radius 2 is 1.90 bits per heavy atom. The zero-order chi connectivity index (χ0) is 14.7. The Hall–Kier alpha value is -1.02. The summed E-state index contributed by atoms with van der Waals surface area (Å²) in [4.78, 5) is 0. The Kier molecular flexibility index (Phi) is 5.09. The van der Waals surface area contributed by atoms with Crippen molar-refractivity contribution < 1.29 is 9.47 Å². The van der Waals surface area contributed by atoms with E-state index in [-0.39, 0.29) is 0 Å². The van der Waals surface area contributed by atoms with Crippen molar-refractivity contribution in [2.24, 2.45) is 0 Å². The minimum Gasteiger partial charge on any atom is -0.493 e. The van der Waals surface area contributed by atoms with Crippen LogP contribution in [-0.4, -0.2) is 18.8 Å². The number of ether oxygens (including phenoxy) is 2. The van der Waals surface area contributed by atoms with Gasteiger partial charge in [0, 0.05) is 0 Å². The van der Waals surface area contributed by atoms with E-state index >= 15 is 0 Å². The summed E-state index contributed by atoms with van der Waals surface area (Å²) >= 11 is 0. The monoisotopic (exact) mass is 276 g/mol. The highest BCUT2D eigenvalue weighted by atomic mass is 16.6. The molecule has 1 aliphatic rings. The number of hydrogen-bond donors (Lipinski definition) is 0. The topological polar surface area (TPSA) is 21.8 Å². The van der Waals surface area contributed by atoms with Crippen LogP contribution in [0.3, 0.4) is 0 Å². The number of epoxide rings is 1. The van der Waals surface area contributed by atoms with Gasteiger partial charge in [0.2, 0.25) is 0 Å². The third-order valence-corrected chi connectivity index (χ3v) is 4.28. The lowest BCUT2D eigenvalue weighted by atomic mass is 9.88. The minimum absolute atomic E-state index is 0.459. The molecule has 0 radical (unpaired) electrons. The van der Waals surface area contributed by atoms with E-state index in [0.29, 0.717) is 18.1 Å². The Labute approximate surface area is 123 Å². The molecular weight excluding hydrogens is 248 g/mol. The lowest BCUT2D eigenvalue weighted by Crippen LogP contribution is -2.08. The molecule has 0 saturated carbocycles. The Morgan fingerprint density at radius 1 is 1.15 bits per heavy atom. The van der Waals surface area contributed by atoms with Gasteiger partial charge in [0.15, 0.2) is 0 Å². The summed E-state index contributed by atoms with van der Waals surface area (Å²) in [6, 6.07) is 4.51. The molecule has 2 rings (SSSR count). The second-order valence-corrected chi connectivity index (χ2v) is 5.90. The van der Waals surface area contributed by atoms with Crippen LogP contribution in [0.4, 0.5) is 0 Å². The van der Waals surface area contributed by atoms with Crippen molar-refractivity contribution in [1.29, 1.82) is 0 Å². The second-order valence-electron chi connectivity index (χ2n) is 5.90. The van der Waals surface area contributed by atoms with Crippen molar-refractivity contribution >= 4 is 0 Å². The molecular formula is C18H28O2. The van der Waals surface area contributed by atoms with Gasteiger partial charge in [-0.2, -0.15) is 0 Å². The fourth-order valence-electron chi connectivity index (χ4n) is 3.17. The average Bonchev–Trinajstić information content (AvgIpc) is 3.17. The van der Waals surface area contributed by atoms with Gasteiger partial charge >= 0.3 is 0 Å². The van der Waals surface area contributed by atoms with Crippen LogP contribution < -0.4 is 4.74 Å². The molecule has 0 spiro atoms. The molecule has 20 heavy (non-hydrogen) atoms. The van der Waals surface area contributed by atoms with Gasteiger partial charge in [-0.1, -0.05) is 31.5 Å². The highest BCUT2D eigenvalue weighted by molar-refractivity contribution is 5.46. The maximum absolute atomic E-state index is 5.92. The van der Waals surface area contributed by atoms with Crippen molar-refractivity contribution in [3.05, 3.63) is 28.8 Å². The van der Waals surface area contributed by atoms with E-state index in [0.717, 1.165) is 31.6 Å². The van der Waals surface area contributed by atoms with Gasteiger partial charge in [0.25, 0.3) is 0 Å². The highest BCUT2D eigenvalue weighted by Gasteiger charge is 2.38. The molecule has 0 bridgehead atoms. The van der Waals surface area contributed by atoms with Gasteiger partial charge in [-0.05, 0) is 57.1 Å². The molecule has 3 atom stereocenters. The summed E-state index contributed by atoms with van der Waals surface area (Å²) in [6.45, 7) is 11.6. The summed E-state index contributed by atoms with van der Waals surface area (Å²) in [5.74, 6) is 1.63. The van der Waals surface area contributed by atoms with Crippen molar-refractivity contribution in [2.75, 3.05) is 6.61 Å². The van der Waals surface area contributed by atoms with Crippen molar-refractivity contribution in [3.63, 3.8) is 0 Å². The van der Waals surface area contributed by atoms with Crippen molar-refractivity contribution in [3.8, 4) is 5.75 Å². The number of hydrogen-bond acceptors (Lipinski definition) is 2. The molecule has 0 aromatic heterocycles. The predicted molar refractivity (Wildman–Crippen MR) is 83.7 cm³/mol. The van der Waals surface area contributed by atoms with Crippen molar-refractivity contribution in [1.82, 2.24) is 0 Å². The third kappa shape index (κ3) is 3.35. The molecule has 0 N–H and O–H groups in total. The zero-order valence-electron chi connectivity index (χ0n) is 13.5. The normalized spacial score (nSPS) is 22.6. The molecule has 0 amide bonds. The summed E-state index contributed by atoms with van der Waals surface area (Å²) in [7, 11) is 0. The summed E-state index contributed by atoms with van der Waals surface area (Å²) < 4.78 is 11.7. The summed E-state index contributed by atoms with van der Waals surface area (Å²) in [5, 5.41) is 0. The lowest BCUT2D eigenvalue weighted by molar-refractivity contribution is 0.324. The molecule has 1 heterocycles. The smallest absolute Gasteiger partial charge is 0.125 e. The zero-order valence-corrected chi connectivity index (χ0v) is 13.5. The first-order valence-corrected chi connectivity index (χ1v) is 8.00. The molecule has 2 heteroatoms. The van der Waals surface area contributed by atoms with E-state index in [2.05, 4.69) is 46.8 Å². The average molecular weight is 276 g/mol. The first-order chi connectivity index (χ1) is 9.60. The Balaban J connectivity index is 2.23. The van der Waals surface area contributed by atoms with Crippen LogP contribution >= 0.6 is 0 Å². The Morgan fingerprint density at radius 3 is 2.45 bits per heavy atom. The van der Waals surface area contributed by atoms with Crippen LogP contribution in [0.15, 0.2) is 12.1 Å². The highest BCUT2D eigenvalue weighted by Crippen LogP contribution is 2.40. The van der Waals surface area contributed by atoms with E-state index in [1.165, 1.54) is 16.7 Å². The quantitative estimate of drug-likeness (QED) is 0.669. The molecule has 1 aliphatic heterocycles. The van der Waals surface area contributed by atoms with Crippen molar-refractivity contribution in [2.45, 2.75) is 72.0 Å². The van der Waals surface area contributed by atoms with Crippen LogP contribution in [0, 0.1) is 13.8 Å². The van der Waals surface area contributed by atoms with E-state index in [1.54, 1.807) is 0 Å². The SMILES string of the molecule is CCOc1c(C)cc(C)cc1C(CC)CC1OC1CC. The molecule has 1 fully saturated rings. The third-order valence-electron chi connectivity index (χ3n) is 4.28. The molecule has 0 aliphatic carbocycles. The maximum Gasteiger partial charge on any atom is 0.125 e. The van der Waals surface area contributed by atoms with Gasteiger partial charge < -0.3 is 9.47 Å². The molecule has 3 unspecified atom stereocenters. The Bertz CT molecular complexity index is 453. The standard InChI is InChI=1S/C18H28O2/c1-6-14(11-17-16(7-2)20-17)15-10-12(4)9-13(5)18(15)19-8-3/h9-10,14,16-17H,6-8,11H2,1-5H3. The number of benzene rings is 1. The summed E-state index contributed by atoms with van der Waals surface area (Å²) in [6.07, 6.45) is 4.34. The van der Waals surface area contributed by atoms with E-state index in [4.69, 9.17) is 9.47 Å². The van der Waals surface area contributed by atoms with Gasteiger partial charge in [0.1, 0.15) is 5.75 Å². The summed E-state index contributed by atoms with van der Waals surface area (Å²) in [5.41, 5.74) is 3.95. The van der Waals surface area contributed by atoms with Crippen LogP contribution in [0.1, 0.15) is 62.6 Å². The second kappa shape index (κ2) is 6.62. The fourth-order valence-corrected chi connectivity index (χ4v) is 3.17. The molecule has 1 aromatic carbocycles. The minimum atomic E-state index is 0.459. The van der Waals surface area contributed by atoms with Gasteiger partial charge in [-0.25, -0.2) is 0 Å². The van der Waals surface area contributed by atoms with Gasteiger partial charge in [-0.15, -0.1) is 0 Å². The lowest BCUT2D eigenvalue weighted by Gasteiger charge is -2.21. The number of aryl methyl sites for hydroxylation is 2. The van der Waals surface area contributed by atoms with E-state index in [9.17, 15) is 0 Å². The fraction of sp³-hybridized carbons (Fsp3) is 0.667. The van der Waals surface area contributed by atoms with E-state index in [1.807, 2.05) is 0 Å². The molecule has 112 valence electrons. The van der Waals surface area contributed by atoms with Crippen LogP contribution in [-0.2, 0) is 4.74 Å².